The maximum Gasteiger partial charge on any atom is 0.332 e. The Bertz CT molecular complexity index is 564. The van der Waals surface area contributed by atoms with Crippen LogP contribution in [0.1, 0.15) is 18.4 Å². The van der Waals surface area contributed by atoms with Gasteiger partial charge in [-0.25, -0.2) is 4.79 Å². The third kappa shape index (κ3) is 3.67. The van der Waals surface area contributed by atoms with Gasteiger partial charge in [0.1, 0.15) is 6.10 Å². The lowest BCUT2D eigenvalue weighted by Crippen LogP contribution is -2.36. The van der Waals surface area contributed by atoms with Gasteiger partial charge in [-0.05, 0) is 24.5 Å². The van der Waals surface area contributed by atoms with Crippen molar-refractivity contribution in [1.82, 2.24) is 4.90 Å². The number of rotatable bonds is 4. The Morgan fingerprint density at radius 2 is 2.00 bits per heavy atom. The summed E-state index contributed by atoms with van der Waals surface area (Å²) in [5.41, 5.74) is 0.729. The minimum absolute atomic E-state index is 0.255. The zero-order valence-electron chi connectivity index (χ0n) is 11.4. The zero-order chi connectivity index (χ0) is 15.6. The lowest BCUT2D eigenvalue weighted by atomic mass is 10.1. The number of benzene rings is 1. The molecule has 1 aromatic rings. The van der Waals surface area contributed by atoms with Gasteiger partial charge in [0, 0.05) is 13.6 Å². The molecule has 1 fully saturated rings. The van der Waals surface area contributed by atoms with Crippen molar-refractivity contribution < 1.29 is 19.4 Å². The van der Waals surface area contributed by atoms with Gasteiger partial charge < -0.3 is 14.7 Å². The van der Waals surface area contributed by atoms with Gasteiger partial charge >= 0.3 is 5.97 Å². The van der Waals surface area contributed by atoms with Crippen LogP contribution in [0.5, 0.6) is 0 Å². The second-order valence-corrected chi connectivity index (χ2v) is 5.72. The molecule has 7 heteroatoms. The molecular formula is C14H15Cl2NO4. The number of hydrogen-bond donors (Lipinski definition) is 1. The molecule has 0 aliphatic carbocycles. The van der Waals surface area contributed by atoms with E-state index in [1.165, 1.54) is 4.90 Å². The molecule has 0 spiro atoms. The van der Waals surface area contributed by atoms with Crippen LogP contribution in [-0.4, -0.2) is 41.1 Å². The van der Waals surface area contributed by atoms with Crippen LogP contribution in [0.25, 0.3) is 0 Å². The van der Waals surface area contributed by atoms with Crippen molar-refractivity contribution in [3.63, 3.8) is 0 Å². The fourth-order valence-corrected chi connectivity index (χ4v) is 2.63. The molecule has 1 N–H and O–H groups in total. The molecule has 114 valence electrons. The van der Waals surface area contributed by atoms with E-state index in [-0.39, 0.29) is 12.5 Å². The van der Waals surface area contributed by atoms with E-state index >= 15 is 0 Å². The minimum atomic E-state index is -1.04. The molecule has 1 aliphatic rings. The molecule has 0 saturated carbocycles. The summed E-state index contributed by atoms with van der Waals surface area (Å²) in [6, 6.07) is 5.22. The third-order valence-electron chi connectivity index (χ3n) is 3.39. The van der Waals surface area contributed by atoms with Crippen LogP contribution in [0.3, 0.4) is 0 Å². The molecule has 1 heterocycles. The van der Waals surface area contributed by atoms with Gasteiger partial charge in [-0.15, -0.1) is 0 Å². The van der Waals surface area contributed by atoms with Crippen LogP contribution < -0.4 is 0 Å². The highest BCUT2D eigenvalue weighted by molar-refractivity contribution is 6.42. The summed E-state index contributed by atoms with van der Waals surface area (Å²) < 4.78 is 5.25. The first kappa shape index (κ1) is 16.1. The van der Waals surface area contributed by atoms with E-state index in [2.05, 4.69) is 0 Å². The molecule has 21 heavy (non-hydrogen) atoms. The number of amides is 1. The fraction of sp³-hybridized carbons (Fsp3) is 0.429. The van der Waals surface area contributed by atoms with E-state index < -0.39 is 18.2 Å². The Balaban J connectivity index is 2.00. The van der Waals surface area contributed by atoms with Gasteiger partial charge in [-0.1, -0.05) is 35.3 Å². The zero-order valence-corrected chi connectivity index (χ0v) is 12.9. The Morgan fingerprint density at radius 1 is 1.33 bits per heavy atom. The first-order chi connectivity index (χ1) is 9.90. The van der Waals surface area contributed by atoms with Crippen LogP contribution >= 0.6 is 23.2 Å². The maximum absolute atomic E-state index is 12.2. The van der Waals surface area contributed by atoms with Gasteiger partial charge in [-0.2, -0.15) is 0 Å². The molecular weight excluding hydrogens is 317 g/mol. The van der Waals surface area contributed by atoms with Crippen LogP contribution in [0.4, 0.5) is 0 Å². The average Bonchev–Trinajstić information content (AvgIpc) is 2.93. The SMILES string of the molecule is CN(Cc1cccc(Cl)c1Cl)C(=O)[C@@H]1CC[C@H](C(=O)O)O1. The van der Waals surface area contributed by atoms with Gasteiger partial charge in [0.2, 0.25) is 0 Å². The number of carboxylic acid groups (broad SMARTS) is 1. The normalized spacial score (nSPS) is 21.3. The van der Waals surface area contributed by atoms with Crippen LogP contribution in [-0.2, 0) is 20.9 Å². The molecule has 1 aliphatic heterocycles. The second kappa shape index (κ2) is 6.64. The van der Waals surface area contributed by atoms with Gasteiger partial charge in [0.15, 0.2) is 6.10 Å². The van der Waals surface area contributed by atoms with Gasteiger partial charge in [-0.3, -0.25) is 4.79 Å². The van der Waals surface area contributed by atoms with E-state index in [1.54, 1.807) is 25.2 Å². The molecule has 0 radical (unpaired) electrons. The molecule has 5 nitrogen and oxygen atoms in total. The summed E-state index contributed by atoms with van der Waals surface area (Å²) in [5.74, 6) is -1.29. The first-order valence-electron chi connectivity index (χ1n) is 6.46. The number of likely N-dealkylation sites (N-methyl/N-ethyl adjacent to an activating group) is 1. The highest BCUT2D eigenvalue weighted by Crippen LogP contribution is 2.27. The molecule has 0 aromatic heterocycles. The number of carbonyl (C=O) groups excluding carboxylic acids is 1. The van der Waals surface area contributed by atoms with Gasteiger partial charge in [0.05, 0.1) is 10.0 Å². The third-order valence-corrected chi connectivity index (χ3v) is 4.24. The van der Waals surface area contributed by atoms with Crippen molar-refractivity contribution in [2.45, 2.75) is 31.6 Å². The number of ether oxygens (including phenoxy) is 1. The predicted molar refractivity (Wildman–Crippen MR) is 78.5 cm³/mol. The largest absolute Gasteiger partial charge is 0.479 e. The number of carboxylic acids is 1. The predicted octanol–water partition coefficient (Wildman–Crippen LogP) is 2.58. The van der Waals surface area contributed by atoms with Crippen molar-refractivity contribution in [2.24, 2.45) is 0 Å². The Kier molecular flexibility index (Phi) is 5.08. The average molecular weight is 332 g/mol. The van der Waals surface area contributed by atoms with Crippen LogP contribution in [0, 0.1) is 0 Å². The van der Waals surface area contributed by atoms with Crippen molar-refractivity contribution >= 4 is 35.1 Å². The number of hydrogen-bond acceptors (Lipinski definition) is 3. The van der Waals surface area contributed by atoms with Gasteiger partial charge in [0.25, 0.3) is 5.91 Å². The van der Waals surface area contributed by atoms with E-state index in [1.807, 2.05) is 0 Å². The lowest BCUT2D eigenvalue weighted by molar-refractivity contribution is -0.154. The molecule has 0 bridgehead atoms. The summed E-state index contributed by atoms with van der Waals surface area (Å²) in [6.45, 7) is 0.288. The first-order valence-corrected chi connectivity index (χ1v) is 7.22. The quantitative estimate of drug-likeness (QED) is 0.920. The van der Waals surface area contributed by atoms with E-state index in [0.29, 0.717) is 22.9 Å². The van der Waals surface area contributed by atoms with E-state index in [4.69, 9.17) is 33.0 Å². The number of aliphatic carboxylic acids is 1. The van der Waals surface area contributed by atoms with Crippen molar-refractivity contribution in [1.29, 1.82) is 0 Å². The fourth-order valence-electron chi connectivity index (χ4n) is 2.25. The maximum atomic E-state index is 12.2. The Hall–Kier alpha value is -1.30. The topological polar surface area (TPSA) is 66.8 Å². The summed E-state index contributed by atoms with van der Waals surface area (Å²) in [5, 5.41) is 9.71. The summed E-state index contributed by atoms with van der Waals surface area (Å²) in [6.07, 6.45) is -0.864. The van der Waals surface area contributed by atoms with E-state index in [9.17, 15) is 9.59 Å². The Morgan fingerprint density at radius 3 is 2.62 bits per heavy atom. The molecule has 0 unspecified atom stereocenters. The summed E-state index contributed by atoms with van der Waals surface area (Å²) in [7, 11) is 1.62. The molecule has 1 aromatic carbocycles. The Labute approximate surface area is 132 Å². The van der Waals surface area contributed by atoms with E-state index in [0.717, 1.165) is 5.56 Å². The molecule has 1 amide bonds. The molecule has 1 saturated heterocycles. The van der Waals surface area contributed by atoms with Crippen molar-refractivity contribution in [3.05, 3.63) is 33.8 Å². The van der Waals surface area contributed by atoms with Crippen LogP contribution in [0.2, 0.25) is 10.0 Å². The number of nitrogens with zero attached hydrogens (tertiary/aromatic N) is 1. The van der Waals surface area contributed by atoms with Crippen molar-refractivity contribution in [3.8, 4) is 0 Å². The minimum Gasteiger partial charge on any atom is -0.479 e. The highest BCUT2D eigenvalue weighted by atomic mass is 35.5. The molecule has 2 rings (SSSR count). The number of halogens is 2. The standard InChI is InChI=1S/C14H15Cl2NO4/c1-17(7-8-3-2-4-9(15)12(8)16)13(18)10-5-6-11(21-10)14(19)20/h2-4,10-11H,5-7H2,1H3,(H,19,20)/t10-,11+/m0/s1. The highest BCUT2D eigenvalue weighted by Gasteiger charge is 2.36. The lowest BCUT2D eigenvalue weighted by Gasteiger charge is -2.21. The summed E-state index contributed by atoms with van der Waals surface area (Å²) in [4.78, 5) is 24.5. The smallest absolute Gasteiger partial charge is 0.332 e. The second-order valence-electron chi connectivity index (χ2n) is 4.94. The van der Waals surface area contributed by atoms with Crippen molar-refractivity contribution in [2.75, 3.05) is 7.05 Å². The molecule has 2 atom stereocenters. The monoisotopic (exact) mass is 331 g/mol. The van der Waals surface area contributed by atoms with Crippen LogP contribution in [0.15, 0.2) is 18.2 Å². The number of carbonyl (C=O) groups is 2. The summed E-state index contributed by atoms with van der Waals surface area (Å²) >= 11 is 12.0.